The molecular weight excluding hydrogens is 168 g/mol. The normalized spacial score (nSPS) is 23.8. The lowest BCUT2D eigenvalue weighted by molar-refractivity contribution is 0.142. The molecule has 1 heterocycles. The van der Waals surface area contributed by atoms with Gasteiger partial charge in [-0.3, -0.25) is 0 Å². The van der Waals surface area contributed by atoms with Crippen LogP contribution in [0.25, 0.3) is 0 Å². The van der Waals surface area contributed by atoms with Crippen molar-refractivity contribution in [2.45, 2.75) is 25.3 Å². The zero-order valence-electron chi connectivity index (χ0n) is 7.79. The fourth-order valence-corrected chi connectivity index (χ4v) is 1.44. The lowest BCUT2D eigenvalue weighted by Gasteiger charge is -2.19. The van der Waals surface area contributed by atoms with E-state index >= 15 is 0 Å². The minimum Gasteiger partial charge on any atom is -0.380 e. The number of carbonyl (C=O) groups excluding carboxylic acids is 1. The maximum atomic E-state index is 11.6. The molecular formula is C9H16N2O2. The van der Waals surface area contributed by atoms with Gasteiger partial charge in [0, 0.05) is 25.7 Å². The van der Waals surface area contributed by atoms with E-state index in [1.807, 2.05) is 4.90 Å². The van der Waals surface area contributed by atoms with Crippen molar-refractivity contribution in [2.24, 2.45) is 0 Å². The van der Waals surface area contributed by atoms with Gasteiger partial charge in [0.25, 0.3) is 0 Å². The summed E-state index contributed by atoms with van der Waals surface area (Å²) in [5.74, 6) is 0. The Kier molecular flexibility index (Phi) is 2.68. The van der Waals surface area contributed by atoms with E-state index in [0.29, 0.717) is 12.6 Å². The third kappa shape index (κ3) is 2.59. The second kappa shape index (κ2) is 3.96. The van der Waals surface area contributed by atoms with E-state index in [-0.39, 0.29) is 6.03 Å². The van der Waals surface area contributed by atoms with Gasteiger partial charge < -0.3 is 15.0 Å². The van der Waals surface area contributed by atoms with Gasteiger partial charge in [0.05, 0.1) is 6.61 Å². The van der Waals surface area contributed by atoms with E-state index in [2.05, 4.69) is 5.32 Å². The van der Waals surface area contributed by atoms with Gasteiger partial charge in [-0.1, -0.05) is 0 Å². The third-order valence-electron chi connectivity index (χ3n) is 2.41. The summed E-state index contributed by atoms with van der Waals surface area (Å²) in [6.45, 7) is 3.03. The first-order chi connectivity index (χ1) is 6.36. The number of nitrogens with zero attached hydrogens (tertiary/aromatic N) is 1. The molecule has 4 heteroatoms. The first kappa shape index (κ1) is 8.81. The maximum absolute atomic E-state index is 11.6. The Bertz CT molecular complexity index is 184. The molecule has 0 aromatic carbocycles. The van der Waals surface area contributed by atoms with E-state index in [1.165, 1.54) is 0 Å². The van der Waals surface area contributed by atoms with Crippen LogP contribution in [-0.2, 0) is 4.74 Å². The smallest absolute Gasteiger partial charge is 0.317 e. The van der Waals surface area contributed by atoms with Gasteiger partial charge in [-0.15, -0.1) is 0 Å². The SMILES string of the molecule is O=C(NC1CC1)N1CCCOCC1. The molecule has 0 aromatic rings. The second-order valence-electron chi connectivity index (χ2n) is 3.68. The summed E-state index contributed by atoms with van der Waals surface area (Å²) in [6.07, 6.45) is 3.25. The molecule has 0 aromatic heterocycles. The Labute approximate surface area is 78.2 Å². The minimum atomic E-state index is 0.0907. The van der Waals surface area contributed by atoms with E-state index in [0.717, 1.165) is 39.0 Å². The number of rotatable bonds is 1. The molecule has 2 amide bonds. The van der Waals surface area contributed by atoms with Crippen molar-refractivity contribution >= 4 is 6.03 Å². The number of amides is 2. The molecule has 1 aliphatic heterocycles. The Morgan fingerprint density at radius 2 is 2.15 bits per heavy atom. The molecule has 1 N–H and O–H groups in total. The number of nitrogens with one attached hydrogen (secondary N) is 1. The highest BCUT2D eigenvalue weighted by Crippen LogP contribution is 2.19. The molecule has 0 unspecified atom stereocenters. The van der Waals surface area contributed by atoms with Crippen molar-refractivity contribution in [1.82, 2.24) is 10.2 Å². The fourth-order valence-electron chi connectivity index (χ4n) is 1.44. The van der Waals surface area contributed by atoms with Crippen LogP contribution >= 0.6 is 0 Å². The fraction of sp³-hybridized carbons (Fsp3) is 0.889. The summed E-state index contributed by atoms with van der Waals surface area (Å²) in [5.41, 5.74) is 0. The highest BCUT2D eigenvalue weighted by Gasteiger charge is 2.25. The molecule has 74 valence electrons. The number of carbonyl (C=O) groups is 1. The van der Waals surface area contributed by atoms with E-state index < -0.39 is 0 Å². The first-order valence-electron chi connectivity index (χ1n) is 4.99. The second-order valence-corrected chi connectivity index (χ2v) is 3.68. The van der Waals surface area contributed by atoms with Crippen molar-refractivity contribution in [1.29, 1.82) is 0 Å². The van der Waals surface area contributed by atoms with E-state index in [4.69, 9.17) is 4.74 Å². The van der Waals surface area contributed by atoms with Crippen molar-refractivity contribution < 1.29 is 9.53 Å². The maximum Gasteiger partial charge on any atom is 0.317 e. The van der Waals surface area contributed by atoms with Crippen molar-refractivity contribution in [2.75, 3.05) is 26.3 Å². The molecule has 2 rings (SSSR count). The Balaban J connectivity index is 1.78. The molecule has 13 heavy (non-hydrogen) atoms. The predicted molar refractivity (Wildman–Crippen MR) is 48.6 cm³/mol. The molecule has 0 radical (unpaired) electrons. The van der Waals surface area contributed by atoms with Crippen LogP contribution in [0, 0.1) is 0 Å². The molecule has 2 fully saturated rings. The summed E-state index contributed by atoms with van der Waals surface area (Å²) in [4.78, 5) is 13.4. The average molecular weight is 184 g/mol. The zero-order chi connectivity index (χ0) is 9.10. The first-order valence-corrected chi connectivity index (χ1v) is 4.99. The van der Waals surface area contributed by atoms with Gasteiger partial charge in [0.15, 0.2) is 0 Å². The van der Waals surface area contributed by atoms with Crippen LogP contribution in [0.15, 0.2) is 0 Å². The number of ether oxygens (including phenoxy) is 1. The molecule has 4 nitrogen and oxygen atoms in total. The van der Waals surface area contributed by atoms with E-state index in [9.17, 15) is 4.79 Å². The van der Waals surface area contributed by atoms with Gasteiger partial charge in [-0.2, -0.15) is 0 Å². The highest BCUT2D eigenvalue weighted by molar-refractivity contribution is 5.74. The topological polar surface area (TPSA) is 41.6 Å². The lowest BCUT2D eigenvalue weighted by atomic mass is 10.4. The zero-order valence-corrected chi connectivity index (χ0v) is 7.79. The molecule has 0 spiro atoms. The van der Waals surface area contributed by atoms with Crippen LogP contribution < -0.4 is 5.32 Å². The third-order valence-corrected chi connectivity index (χ3v) is 2.41. The number of hydrogen-bond acceptors (Lipinski definition) is 2. The Morgan fingerprint density at radius 1 is 1.31 bits per heavy atom. The molecule has 1 saturated heterocycles. The summed E-state index contributed by atoms with van der Waals surface area (Å²) in [6, 6.07) is 0.546. The van der Waals surface area contributed by atoms with Gasteiger partial charge in [-0.25, -0.2) is 4.79 Å². The molecule has 1 aliphatic carbocycles. The van der Waals surface area contributed by atoms with Crippen molar-refractivity contribution in [3.63, 3.8) is 0 Å². The largest absolute Gasteiger partial charge is 0.380 e. The lowest BCUT2D eigenvalue weighted by Crippen LogP contribution is -2.42. The van der Waals surface area contributed by atoms with Crippen LogP contribution in [0.5, 0.6) is 0 Å². The van der Waals surface area contributed by atoms with Crippen LogP contribution in [0.1, 0.15) is 19.3 Å². The molecule has 1 saturated carbocycles. The van der Waals surface area contributed by atoms with Gasteiger partial charge in [0.2, 0.25) is 0 Å². The van der Waals surface area contributed by atoms with Crippen LogP contribution in [0.2, 0.25) is 0 Å². The molecule has 0 atom stereocenters. The standard InChI is InChI=1S/C9H16N2O2/c12-9(10-8-2-3-8)11-4-1-6-13-7-5-11/h8H,1-7H2,(H,10,12). The van der Waals surface area contributed by atoms with Crippen LogP contribution in [0.3, 0.4) is 0 Å². The minimum absolute atomic E-state index is 0.0907. The molecule has 0 bridgehead atoms. The summed E-state index contributed by atoms with van der Waals surface area (Å²) >= 11 is 0. The highest BCUT2D eigenvalue weighted by atomic mass is 16.5. The molecule has 2 aliphatic rings. The quantitative estimate of drug-likeness (QED) is 0.647. The Hall–Kier alpha value is -0.770. The predicted octanol–water partition coefficient (Wildman–Crippen LogP) is 0.581. The van der Waals surface area contributed by atoms with Crippen molar-refractivity contribution in [3.8, 4) is 0 Å². The summed E-state index contributed by atoms with van der Waals surface area (Å²) in [7, 11) is 0. The van der Waals surface area contributed by atoms with Gasteiger partial charge >= 0.3 is 6.03 Å². The average Bonchev–Trinajstić information content (AvgIpc) is 2.87. The van der Waals surface area contributed by atoms with Gasteiger partial charge in [0.1, 0.15) is 0 Å². The monoisotopic (exact) mass is 184 g/mol. The van der Waals surface area contributed by atoms with E-state index in [1.54, 1.807) is 0 Å². The van der Waals surface area contributed by atoms with Crippen LogP contribution in [0.4, 0.5) is 4.79 Å². The number of hydrogen-bond donors (Lipinski definition) is 1. The van der Waals surface area contributed by atoms with Gasteiger partial charge in [-0.05, 0) is 19.3 Å². The summed E-state index contributed by atoms with van der Waals surface area (Å²) in [5, 5.41) is 2.98. The van der Waals surface area contributed by atoms with Crippen molar-refractivity contribution in [3.05, 3.63) is 0 Å². The number of urea groups is 1. The Morgan fingerprint density at radius 3 is 2.92 bits per heavy atom. The summed E-state index contributed by atoms with van der Waals surface area (Å²) < 4.78 is 5.27. The van der Waals surface area contributed by atoms with Crippen LogP contribution in [-0.4, -0.2) is 43.3 Å².